The molecule has 2 aromatic heterocycles. The van der Waals surface area contributed by atoms with Crippen LogP contribution in [0.2, 0.25) is 0 Å². The van der Waals surface area contributed by atoms with Crippen LogP contribution >= 0.6 is 11.6 Å². The molecule has 0 atom stereocenters. The standard InChI is InChI=1S/C11H10ClN3/c12-6-9-5-11(13)15-7-10(9)8-1-3-14-4-2-8/h1-5,7H,6H2,(H2,13,15). The van der Waals surface area contributed by atoms with Gasteiger partial charge in [-0.15, -0.1) is 11.6 Å². The Balaban J connectivity index is 2.53. The Morgan fingerprint density at radius 1 is 1.27 bits per heavy atom. The quantitative estimate of drug-likeness (QED) is 0.790. The third kappa shape index (κ3) is 2.07. The Bertz CT molecular complexity index is 457. The van der Waals surface area contributed by atoms with E-state index in [-0.39, 0.29) is 0 Å². The fraction of sp³-hybridized carbons (Fsp3) is 0.0909. The fourth-order valence-electron chi connectivity index (χ4n) is 1.42. The molecule has 2 rings (SSSR count). The molecule has 0 fully saturated rings. The Kier molecular flexibility index (Phi) is 2.83. The zero-order chi connectivity index (χ0) is 10.7. The Morgan fingerprint density at radius 3 is 2.67 bits per heavy atom. The summed E-state index contributed by atoms with van der Waals surface area (Å²) in [4.78, 5) is 8.03. The number of nitrogens with zero attached hydrogens (tertiary/aromatic N) is 2. The smallest absolute Gasteiger partial charge is 0.123 e. The van der Waals surface area contributed by atoms with E-state index in [2.05, 4.69) is 9.97 Å². The van der Waals surface area contributed by atoms with Crippen molar-refractivity contribution in [2.24, 2.45) is 0 Å². The highest BCUT2D eigenvalue weighted by atomic mass is 35.5. The highest BCUT2D eigenvalue weighted by molar-refractivity contribution is 6.17. The largest absolute Gasteiger partial charge is 0.384 e. The molecule has 0 aliphatic heterocycles. The van der Waals surface area contributed by atoms with Gasteiger partial charge >= 0.3 is 0 Å². The van der Waals surface area contributed by atoms with Crippen molar-refractivity contribution in [1.29, 1.82) is 0 Å². The van der Waals surface area contributed by atoms with E-state index in [4.69, 9.17) is 17.3 Å². The molecule has 0 aliphatic carbocycles. The molecule has 0 radical (unpaired) electrons. The van der Waals surface area contributed by atoms with E-state index in [0.717, 1.165) is 16.7 Å². The molecule has 3 nitrogen and oxygen atoms in total. The van der Waals surface area contributed by atoms with Crippen LogP contribution in [0, 0.1) is 0 Å². The van der Waals surface area contributed by atoms with Crippen LogP contribution in [0.1, 0.15) is 5.56 Å². The van der Waals surface area contributed by atoms with Gasteiger partial charge in [-0.3, -0.25) is 4.98 Å². The number of hydrogen-bond donors (Lipinski definition) is 1. The van der Waals surface area contributed by atoms with Crippen LogP contribution in [0.4, 0.5) is 5.82 Å². The van der Waals surface area contributed by atoms with Crippen molar-refractivity contribution in [2.75, 3.05) is 5.73 Å². The van der Waals surface area contributed by atoms with Crippen molar-refractivity contribution in [3.8, 4) is 11.1 Å². The molecule has 2 heterocycles. The lowest BCUT2D eigenvalue weighted by atomic mass is 10.0. The summed E-state index contributed by atoms with van der Waals surface area (Å²) in [6.45, 7) is 0. The Hall–Kier alpha value is -1.61. The Labute approximate surface area is 92.9 Å². The third-order valence-corrected chi connectivity index (χ3v) is 2.43. The topological polar surface area (TPSA) is 51.8 Å². The van der Waals surface area contributed by atoms with E-state index < -0.39 is 0 Å². The lowest BCUT2D eigenvalue weighted by Gasteiger charge is -2.06. The molecule has 0 saturated heterocycles. The number of rotatable bonds is 2. The van der Waals surface area contributed by atoms with Crippen molar-refractivity contribution in [3.05, 3.63) is 42.4 Å². The second-order valence-corrected chi connectivity index (χ2v) is 3.40. The summed E-state index contributed by atoms with van der Waals surface area (Å²) in [5, 5.41) is 0. The average molecular weight is 220 g/mol. The number of alkyl halides is 1. The summed E-state index contributed by atoms with van der Waals surface area (Å²) in [6, 6.07) is 5.63. The van der Waals surface area contributed by atoms with E-state index in [9.17, 15) is 0 Å². The van der Waals surface area contributed by atoms with Gasteiger partial charge in [0, 0.05) is 30.0 Å². The molecule has 0 spiro atoms. The molecule has 0 amide bonds. The number of anilines is 1. The summed E-state index contributed by atoms with van der Waals surface area (Å²) in [5.41, 5.74) is 8.63. The average Bonchev–Trinajstić information content (AvgIpc) is 2.30. The normalized spacial score (nSPS) is 10.2. The third-order valence-electron chi connectivity index (χ3n) is 2.15. The van der Waals surface area contributed by atoms with E-state index in [1.807, 2.05) is 12.1 Å². The summed E-state index contributed by atoms with van der Waals surface area (Å²) in [5.74, 6) is 0.910. The molecule has 4 heteroatoms. The zero-order valence-corrected chi connectivity index (χ0v) is 8.78. The number of nitrogens with two attached hydrogens (primary N) is 1. The van der Waals surface area contributed by atoms with Crippen LogP contribution in [0.3, 0.4) is 0 Å². The highest BCUT2D eigenvalue weighted by Crippen LogP contribution is 2.24. The van der Waals surface area contributed by atoms with Crippen molar-refractivity contribution in [3.63, 3.8) is 0 Å². The second kappa shape index (κ2) is 4.28. The van der Waals surface area contributed by atoms with Gasteiger partial charge in [-0.1, -0.05) is 0 Å². The number of hydrogen-bond acceptors (Lipinski definition) is 3. The summed E-state index contributed by atoms with van der Waals surface area (Å²) < 4.78 is 0. The number of halogens is 1. The number of pyridine rings is 2. The van der Waals surface area contributed by atoms with Crippen molar-refractivity contribution in [2.45, 2.75) is 5.88 Å². The van der Waals surface area contributed by atoms with Crippen LogP contribution in [0.25, 0.3) is 11.1 Å². The predicted octanol–water partition coefficient (Wildman–Crippen LogP) is 2.46. The maximum absolute atomic E-state index is 5.85. The maximum Gasteiger partial charge on any atom is 0.123 e. The lowest BCUT2D eigenvalue weighted by Crippen LogP contribution is -1.94. The van der Waals surface area contributed by atoms with Gasteiger partial charge in [-0.25, -0.2) is 4.98 Å². The van der Waals surface area contributed by atoms with Crippen LogP contribution < -0.4 is 5.73 Å². The molecule has 0 unspecified atom stereocenters. The van der Waals surface area contributed by atoms with Crippen molar-refractivity contribution >= 4 is 17.4 Å². The molecule has 2 aromatic rings. The molecule has 0 bridgehead atoms. The molecule has 15 heavy (non-hydrogen) atoms. The van der Waals surface area contributed by atoms with Gasteiger partial charge in [0.25, 0.3) is 0 Å². The fourth-order valence-corrected chi connectivity index (χ4v) is 1.64. The minimum Gasteiger partial charge on any atom is -0.384 e. The maximum atomic E-state index is 5.85. The van der Waals surface area contributed by atoms with Gasteiger partial charge in [0.1, 0.15) is 5.82 Å². The van der Waals surface area contributed by atoms with Crippen LogP contribution in [0.15, 0.2) is 36.8 Å². The van der Waals surface area contributed by atoms with Gasteiger partial charge in [0.15, 0.2) is 0 Å². The van der Waals surface area contributed by atoms with Gasteiger partial charge in [0.2, 0.25) is 0 Å². The van der Waals surface area contributed by atoms with Crippen LogP contribution in [-0.2, 0) is 5.88 Å². The minimum absolute atomic E-state index is 0.421. The molecule has 0 aliphatic rings. The summed E-state index contributed by atoms with van der Waals surface area (Å²) in [6.07, 6.45) is 5.22. The van der Waals surface area contributed by atoms with Gasteiger partial charge in [-0.2, -0.15) is 0 Å². The molecule has 0 saturated carbocycles. The number of aromatic nitrogens is 2. The molecule has 0 aromatic carbocycles. The summed E-state index contributed by atoms with van der Waals surface area (Å²) >= 11 is 5.85. The van der Waals surface area contributed by atoms with Crippen molar-refractivity contribution < 1.29 is 0 Å². The molecule has 2 N–H and O–H groups in total. The first kappa shape index (κ1) is 9.93. The second-order valence-electron chi connectivity index (χ2n) is 3.14. The van der Waals surface area contributed by atoms with Crippen LogP contribution in [0.5, 0.6) is 0 Å². The minimum atomic E-state index is 0.421. The predicted molar refractivity (Wildman–Crippen MR) is 61.4 cm³/mol. The van der Waals surface area contributed by atoms with E-state index >= 15 is 0 Å². The Morgan fingerprint density at radius 2 is 2.00 bits per heavy atom. The van der Waals surface area contributed by atoms with E-state index in [1.54, 1.807) is 24.7 Å². The van der Waals surface area contributed by atoms with Crippen molar-refractivity contribution in [1.82, 2.24) is 9.97 Å². The lowest BCUT2D eigenvalue weighted by molar-refractivity contribution is 1.26. The first-order chi connectivity index (χ1) is 7.31. The summed E-state index contributed by atoms with van der Waals surface area (Å²) in [7, 11) is 0. The molecular formula is C11H10ClN3. The zero-order valence-electron chi connectivity index (χ0n) is 8.02. The molecular weight excluding hydrogens is 210 g/mol. The first-order valence-electron chi connectivity index (χ1n) is 4.52. The first-order valence-corrected chi connectivity index (χ1v) is 5.05. The van der Waals surface area contributed by atoms with Gasteiger partial charge in [0.05, 0.1) is 0 Å². The van der Waals surface area contributed by atoms with Gasteiger partial charge in [-0.05, 0) is 29.3 Å². The number of nitrogen functional groups attached to an aromatic ring is 1. The highest BCUT2D eigenvalue weighted by Gasteiger charge is 2.05. The van der Waals surface area contributed by atoms with Gasteiger partial charge < -0.3 is 5.73 Å². The van der Waals surface area contributed by atoms with Crippen LogP contribution in [-0.4, -0.2) is 9.97 Å². The van der Waals surface area contributed by atoms with E-state index in [1.165, 1.54) is 0 Å². The SMILES string of the molecule is Nc1cc(CCl)c(-c2ccncc2)cn1. The molecule has 76 valence electrons. The monoisotopic (exact) mass is 219 g/mol. The van der Waals surface area contributed by atoms with E-state index in [0.29, 0.717) is 11.7 Å².